The lowest BCUT2D eigenvalue weighted by atomic mass is 9.86. The number of nitrogens with one attached hydrogen (secondary N) is 1. The van der Waals surface area contributed by atoms with E-state index in [4.69, 9.17) is 9.47 Å². The summed E-state index contributed by atoms with van der Waals surface area (Å²) in [6.07, 6.45) is 1.27. The van der Waals surface area contributed by atoms with E-state index in [1.165, 1.54) is 11.0 Å². The van der Waals surface area contributed by atoms with Gasteiger partial charge in [0, 0.05) is 24.7 Å². The van der Waals surface area contributed by atoms with Crippen molar-refractivity contribution in [2.24, 2.45) is 5.92 Å². The topological polar surface area (TPSA) is 64.4 Å². The smallest absolute Gasteiger partial charge is 0.260 e. The third-order valence-corrected chi connectivity index (χ3v) is 5.98. The van der Waals surface area contributed by atoms with Crippen LogP contribution in [-0.4, -0.2) is 59.4 Å². The van der Waals surface area contributed by atoms with Crippen molar-refractivity contribution < 1.29 is 18.3 Å². The van der Waals surface area contributed by atoms with Crippen molar-refractivity contribution in [1.29, 1.82) is 0 Å². The van der Waals surface area contributed by atoms with Gasteiger partial charge in [-0.05, 0) is 37.8 Å². The molecule has 1 fully saturated rings. The Morgan fingerprint density at radius 3 is 2.90 bits per heavy atom. The van der Waals surface area contributed by atoms with Crippen molar-refractivity contribution in [1.82, 2.24) is 19.7 Å². The van der Waals surface area contributed by atoms with E-state index in [0.29, 0.717) is 18.1 Å². The highest BCUT2D eigenvalue weighted by Gasteiger charge is 2.38. The molecule has 2 aromatic rings. The normalized spacial score (nSPS) is 24.8. The molecule has 1 unspecified atom stereocenters. The SMILES string of the molecule is COc1cccc(CN2CCCC([C@@H]3C[C@H](C(F)F)n4ncnc4N3)C2)c1OC. The number of para-hydroxylation sites is 1. The molecule has 29 heavy (non-hydrogen) atoms. The molecule has 4 rings (SSSR count). The van der Waals surface area contributed by atoms with Crippen LogP contribution in [0.15, 0.2) is 24.5 Å². The number of rotatable bonds is 6. The van der Waals surface area contributed by atoms with Crippen molar-refractivity contribution in [2.75, 3.05) is 32.6 Å². The van der Waals surface area contributed by atoms with Crippen molar-refractivity contribution >= 4 is 5.95 Å². The number of anilines is 1. The Morgan fingerprint density at radius 2 is 2.14 bits per heavy atom. The Morgan fingerprint density at radius 1 is 1.28 bits per heavy atom. The number of methoxy groups -OCH3 is 2. The maximum Gasteiger partial charge on any atom is 0.260 e. The first-order chi connectivity index (χ1) is 14.1. The van der Waals surface area contributed by atoms with Gasteiger partial charge in [-0.1, -0.05) is 12.1 Å². The predicted octanol–water partition coefficient (Wildman–Crippen LogP) is 3.20. The Labute approximate surface area is 169 Å². The first-order valence-electron chi connectivity index (χ1n) is 9.97. The number of aromatic nitrogens is 3. The minimum Gasteiger partial charge on any atom is -0.493 e. The second-order valence-electron chi connectivity index (χ2n) is 7.71. The molecule has 0 amide bonds. The molecule has 158 valence electrons. The summed E-state index contributed by atoms with van der Waals surface area (Å²) in [5.74, 6) is 2.18. The number of likely N-dealkylation sites (tertiary alicyclic amines) is 1. The number of ether oxygens (including phenoxy) is 2. The van der Waals surface area contributed by atoms with Crippen LogP contribution >= 0.6 is 0 Å². The summed E-state index contributed by atoms with van der Waals surface area (Å²) >= 11 is 0. The van der Waals surface area contributed by atoms with Crippen molar-refractivity contribution in [3.05, 3.63) is 30.1 Å². The van der Waals surface area contributed by atoms with Crippen LogP contribution in [0.4, 0.5) is 14.7 Å². The summed E-state index contributed by atoms with van der Waals surface area (Å²) in [6, 6.07) is 4.92. The van der Waals surface area contributed by atoms with E-state index < -0.39 is 12.5 Å². The van der Waals surface area contributed by atoms with Gasteiger partial charge in [-0.2, -0.15) is 10.1 Å². The molecular weight excluding hydrogens is 380 g/mol. The van der Waals surface area contributed by atoms with Crippen LogP contribution in [0.1, 0.15) is 30.9 Å². The monoisotopic (exact) mass is 407 g/mol. The molecule has 2 aliphatic heterocycles. The third kappa shape index (κ3) is 4.01. The fourth-order valence-electron chi connectivity index (χ4n) is 4.58. The zero-order chi connectivity index (χ0) is 20.4. The molecule has 0 aliphatic carbocycles. The number of benzene rings is 1. The Hall–Kier alpha value is -2.42. The zero-order valence-electron chi connectivity index (χ0n) is 16.7. The minimum atomic E-state index is -2.46. The lowest BCUT2D eigenvalue weighted by Crippen LogP contribution is -2.46. The average molecular weight is 407 g/mol. The highest BCUT2D eigenvalue weighted by atomic mass is 19.3. The summed E-state index contributed by atoms with van der Waals surface area (Å²) in [5.41, 5.74) is 1.06. The van der Waals surface area contributed by atoms with E-state index in [-0.39, 0.29) is 12.0 Å². The summed E-state index contributed by atoms with van der Waals surface area (Å²) in [6.45, 7) is 2.54. The van der Waals surface area contributed by atoms with Gasteiger partial charge in [0.1, 0.15) is 12.4 Å². The number of piperidine rings is 1. The fourth-order valence-corrected chi connectivity index (χ4v) is 4.58. The summed E-state index contributed by atoms with van der Waals surface area (Å²) < 4.78 is 39.4. The fraction of sp³-hybridized carbons (Fsp3) is 0.600. The molecule has 3 heterocycles. The first-order valence-corrected chi connectivity index (χ1v) is 9.97. The molecule has 1 N–H and O–H groups in total. The quantitative estimate of drug-likeness (QED) is 0.794. The van der Waals surface area contributed by atoms with Crippen molar-refractivity contribution in [2.45, 2.75) is 44.3 Å². The van der Waals surface area contributed by atoms with E-state index >= 15 is 0 Å². The van der Waals surface area contributed by atoms with Crippen LogP contribution < -0.4 is 14.8 Å². The number of halogens is 2. The van der Waals surface area contributed by atoms with Crippen LogP contribution in [0.25, 0.3) is 0 Å². The lowest BCUT2D eigenvalue weighted by Gasteiger charge is -2.40. The molecule has 0 bridgehead atoms. The average Bonchev–Trinajstić information content (AvgIpc) is 3.21. The zero-order valence-corrected chi connectivity index (χ0v) is 16.7. The number of hydrogen-bond donors (Lipinski definition) is 1. The lowest BCUT2D eigenvalue weighted by molar-refractivity contribution is 0.0550. The van der Waals surface area contributed by atoms with Crippen LogP contribution in [0.3, 0.4) is 0 Å². The molecule has 3 atom stereocenters. The van der Waals surface area contributed by atoms with E-state index in [2.05, 4.69) is 20.3 Å². The second kappa shape index (κ2) is 8.52. The second-order valence-corrected chi connectivity index (χ2v) is 7.71. The third-order valence-electron chi connectivity index (χ3n) is 5.98. The van der Waals surface area contributed by atoms with Crippen LogP contribution in [0, 0.1) is 5.92 Å². The number of hydrogen-bond acceptors (Lipinski definition) is 6. The molecule has 2 aliphatic rings. The highest BCUT2D eigenvalue weighted by Crippen LogP contribution is 2.36. The molecule has 9 heteroatoms. The van der Waals surface area contributed by atoms with E-state index in [9.17, 15) is 8.78 Å². The van der Waals surface area contributed by atoms with Crippen LogP contribution in [0.2, 0.25) is 0 Å². The Kier molecular flexibility index (Phi) is 5.84. The number of nitrogens with zero attached hydrogens (tertiary/aromatic N) is 4. The highest BCUT2D eigenvalue weighted by molar-refractivity contribution is 5.46. The standard InChI is InChI=1S/C20H27F2N5O2/c1-28-17-7-3-5-14(18(17)29-2)11-26-8-4-6-13(10-26)15-9-16(19(21)22)27-20(25-15)23-12-24-27/h3,5,7,12-13,15-16,19H,4,6,8-11H2,1-2H3,(H,23,24,25)/t13?,15-,16+/m0/s1. The van der Waals surface area contributed by atoms with Gasteiger partial charge in [-0.15, -0.1) is 0 Å². The van der Waals surface area contributed by atoms with Gasteiger partial charge in [0.15, 0.2) is 11.5 Å². The van der Waals surface area contributed by atoms with Gasteiger partial charge in [-0.3, -0.25) is 4.90 Å². The molecular formula is C20H27F2N5O2. The summed E-state index contributed by atoms with van der Waals surface area (Å²) in [5, 5.41) is 7.31. The Balaban J connectivity index is 1.47. The van der Waals surface area contributed by atoms with Gasteiger partial charge in [-0.25, -0.2) is 13.5 Å². The molecule has 1 saturated heterocycles. The first kappa shape index (κ1) is 19.9. The molecule has 0 radical (unpaired) electrons. The number of fused-ring (bicyclic) bond motifs is 1. The van der Waals surface area contributed by atoms with Gasteiger partial charge >= 0.3 is 0 Å². The van der Waals surface area contributed by atoms with Crippen molar-refractivity contribution in [3.63, 3.8) is 0 Å². The number of alkyl halides is 2. The molecule has 1 aromatic heterocycles. The predicted molar refractivity (Wildman–Crippen MR) is 105 cm³/mol. The van der Waals surface area contributed by atoms with Crippen LogP contribution in [0.5, 0.6) is 11.5 Å². The molecule has 7 nitrogen and oxygen atoms in total. The largest absolute Gasteiger partial charge is 0.493 e. The maximum atomic E-state index is 13.6. The van der Waals surface area contributed by atoms with Gasteiger partial charge in [0.25, 0.3) is 6.43 Å². The van der Waals surface area contributed by atoms with Crippen molar-refractivity contribution in [3.8, 4) is 11.5 Å². The van der Waals surface area contributed by atoms with E-state index in [1.54, 1.807) is 14.2 Å². The van der Waals surface area contributed by atoms with Gasteiger partial charge in [0.2, 0.25) is 5.95 Å². The molecule has 1 aromatic carbocycles. The molecule has 0 spiro atoms. The molecule has 0 saturated carbocycles. The maximum absolute atomic E-state index is 13.6. The van der Waals surface area contributed by atoms with Gasteiger partial charge in [0.05, 0.1) is 14.2 Å². The van der Waals surface area contributed by atoms with E-state index in [0.717, 1.165) is 43.8 Å². The summed E-state index contributed by atoms with van der Waals surface area (Å²) in [4.78, 5) is 6.49. The minimum absolute atomic E-state index is 0.0410. The van der Waals surface area contributed by atoms with Gasteiger partial charge < -0.3 is 14.8 Å². The Bertz CT molecular complexity index is 831. The summed E-state index contributed by atoms with van der Waals surface area (Å²) in [7, 11) is 3.28. The van der Waals surface area contributed by atoms with Crippen LogP contribution in [-0.2, 0) is 6.54 Å². The van der Waals surface area contributed by atoms with E-state index in [1.807, 2.05) is 18.2 Å².